The molecular weight excluding hydrogens is 204 g/mol. The minimum atomic E-state index is -1.37. The van der Waals surface area contributed by atoms with Gasteiger partial charge in [-0.25, -0.2) is 4.79 Å². The number of Topliss-reactive ketones (excluding diaryl/α,β-unsaturated/α-hetero) is 1. The Hall–Kier alpha value is -1.43. The Kier molecular flexibility index (Phi) is 3.09. The van der Waals surface area contributed by atoms with Crippen LogP contribution in [0.4, 0.5) is 0 Å². The zero-order chi connectivity index (χ0) is 11.6. The molecule has 1 atom stereocenters. The number of hydrogen-bond acceptors (Lipinski definition) is 6. The molecule has 1 heterocycles. The van der Waals surface area contributed by atoms with Crippen molar-refractivity contribution in [3.05, 3.63) is 0 Å². The number of esters is 2. The van der Waals surface area contributed by atoms with Crippen molar-refractivity contribution in [1.29, 1.82) is 0 Å². The predicted octanol–water partition coefficient (Wildman–Crippen LogP) is 0.144. The van der Waals surface area contributed by atoms with Crippen LogP contribution in [0.15, 0.2) is 0 Å². The molecule has 6 heteroatoms. The van der Waals surface area contributed by atoms with E-state index in [0.29, 0.717) is 0 Å². The van der Waals surface area contributed by atoms with E-state index in [-0.39, 0.29) is 12.2 Å². The van der Waals surface area contributed by atoms with Crippen LogP contribution in [0.2, 0.25) is 0 Å². The number of carbonyl (C=O) groups is 3. The van der Waals surface area contributed by atoms with Gasteiger partial charge >= 0.3 is 18.2 Å². The highest BCUT2D eigenvalue weighted by molar-refractivity contribution is 5.94. The lowest BCUT2D eigenvalue weighted by molar-refractivity contribution is -0.197. The monoisotopic (exact) mass is 216 g/mol. The van der Waals surface area contributed by atoms with Crippen molar-refractivity contribution in [2.75, 3.05) is 0 Å². The van der Waals surface area contributed by atoms with Gasteiger partial charge in [0, 0.05) is 13.8 Å². The van der Waals surface area contributed by atoms with Crippen LogP contribution in [0.3, 0.4) is 0 Å². The molecule has 0 aromatic heterocycles. The highest BCUT2D eigenvalue weighted by atomic mass is 16.8. The summed E-state index contributed by atoms with van der Waals surface area (Å²) in [5.74, 6) is -3.01. The van der Waals surface area contributed by atoms with E-state index in [1.807, 2.05) is 0 Å². The third-order valence-electron chi connectivity index (χ3n) is 1.56. The number of ether oxygens (including phenoxy) is 3. The van der Waals surface area contributed by atoms with Gasteiger partial charge in [0.2, 0.25) is 5.79 Å². The van der Waals surface area contributed by atoms with Crippen LogP contribution in [0, 0.1) is 0 Å². The second kappa shape index (κ2) is 3.98. The summed E-state index contributed by atoms with van der Waals surface area (Å²) in [6, 6.07) is 0. The molecule has 0 aromatic rings. The standard InChI is InChI=1S/C9H12O6/c1-5(10)4-6(11)13-8-7(12)14-9(2,3)15-8/h8H,4H2,1-3H3. The Morgan fingerprint density at radius 3 is 2.47 bits per heavy atom. The van der Waals surface area contributed by atoms with E-state index in [9.17, 15) is 14.4 Å². The quantitative estimate of drug-likeness (QED) is 0.493. The first-order valence-electron chi connectivity index (χ1n) is 4.40. The van der Waals surface area contributed by atoms with E-state index in [1.54, 1.807) is 0 Å². The summed E-state index contributed by atoms with van der Waals surface area (Å²) >= 11 is 0. The van der Waals surface area contributed by atoms with Gasteiger partial charge in [-0.15, -0.1) is 0 Å². The average Bonchev–Trinajstić information content (AvgIpc) is 2.22. The van der Waals surface area contributed by atoms with Gasteiger partial charge in [0.25, 0.3) is 0 Å². The van der Waals surface area contributed by atoms with Crippen molar-refractivity contribution in [1.82, 2.24) is 0 Å². The molecule has 0 aromatic carbocycles. The third kappa shape index (κ3) is 3.32. The minimum absolute atomic E-state index is 0.342. The number of carbonyl (C=O) groups excluding carboxylic acids is 3. The fraction of sp³-hybridized carbons (Fsp3) is 0.667. The topological polar surface area (TPSA) is 78.9 Å². The molecule has 1 aliphatic heterocycles. The normalized spacial score (nSPS) is 23.4. The highest BCUT2D eigenvalue weighted by Crippen LogP contribution is 2.24. The van der Waals surface area contributed by atoms with Gasteiger partial charge in [-0.05, 0) is 6.92 Å². The maximum Gasteiger partial charge on any atom is 0.379 e. The summed E-state index contributed by atoms with van der Waals surface area (Å²) in [4.78, 5) is 32.7. The molecule has 15 heavy (non-hydrogen) atoms. The number of cyclic esters (lactones) is 1. The number of ketones is 1. The van der Waals surface area contributed by atoms with Gasteiger partial charge in [-0.1, -0.05) is 0 Å². The van der Waals surface area contributed by atoms with Crippen LogP contribution in [0.1, 0.15) is 27.2 Å². The summed E-state index contributed by atoms with van der Waals surface area (Å²) in [5, 5.41) is 0. The van der Waals surface area contributed by atoms with Gasteiger partial charge in [0.05, 0.1) is 0 Å². The van der Waals surface area contributed by atoms with Crippen molar-refractivity contribution in [2.45, 2.75) is 39.3 Å². The van der Waals surface area contributed by atoms with Crippen LogP contribution in [0.25, 0.3) is 0 Å². The smallest absolute Gasteiger partial charge is 0.379 e. The lowest BCUT2D eigenvalue weighted by Crippen LogP contribution is -2.26. The first-order valence-corrected chi connectivity index (χ1v) is 4.40. The molecule has 84 valence electrons. The van der Waals surface area contributed by atoms with Gasteiger partial charge in [-0.2, -0.15) is 0 Å². The fourth-order valence-electron chi connectivity index (χ4n) is 1.06. The minimum Gasteiger partial charge on any atom is -0.429 e. The number of rotatable bonds is 3. The fourth-order valence-corrected chi connectivity index (χ4v) is 1.06. The molecular formula is C9H12O6. The van der Waals surface area contributed by atoms with E-state index in [2.05, 4.69) is 4.74 Å². The summed E-state index contributed by atoms with van der Waals surface area (Å²) in [6.45, 7) is 4.28. The van der Waals surface area contributed by atoms with E-state index in [0.717, 1.165) is 0 Å². The van der Waals surface area contributed by atoms with Crippen molar-refractivity contribution in [3.63, 3.8) is 0 Å². The second-order valence-corrected chi connectivity index (χ2v) is 3.64. The summed E-state index contributed by atoms with van der Waals surface area (Å²) in [7, 11) is 0. The predicted molar refractivity (Wildman–Crippen MR) is 46.4 cm³/mol. The van der Waals surface area contributed by atoms with Crippen LogP contribution in [-0.4, -0.2) is 29.8 Å². The largest absolute Gasteiger partial charge is 0.429 e. The Labute approximate surface area is 86.5 Å². The van der Waals surface area contributed by atoms with E-state index < -0.39 is 24.0 Å². The zero-order valence-corrected chi connectivity index (χ0v) is 8.73. The van der Waals surface area contributed by atoms with Gasteiger partial charge < -0.3 is 9.47 Å². The lowest BCUT2D eigenvalue weighted by atomic mass is 10.3. The molecule has 1 saturated heterocycles. The van der Waals surface area contributed by atoms with Gasteiger partial charge in [-0.3, -0.25) is 14.3 Å². The molecule has 1 fully saturated rings. The molecule has 1 unspecified atom stereocenters. The van der Waals surface area contributed by atoms with E-state index >= 15 is 0 Å². The van der Waals surface area contributed by atoms with E-state index in [1.165, 1.54) is 20.8 Å². The van der Waals surface area contributed by atoms with Gasteiger partial charge in [0.1, 0.15) is 12.2 Å². The summed E-state index contributed by atoms with van der Waals surface area (Å²) < 4.78 is 14.3. The molecule has 0 N–H and O–H groups in total. The number of hydrogen-bond donors (Lipinski definition) is 0. The Morgan fingerprint density at radius 2 is 2.07 bits per heavy atom. The summed E-state index contributed by atoms with van der Waals surface area (Å²) in [6.07, 6.45) is -1.75. The van der Waals surface area contributed by atoms with Crippen molar-refractivity contribution in [2.24, 2.45) is 0 Å². The molecule has 0 saturated carbocycles. The molecule has 0 spiro atoms. The first kappa shape index (κ1) is 11.6. The maximum atomic E-state index is 11.1. The molecule has 0 amide bonds. The molecule has 0 bridgehead atoms. The molecule has 6 nitrogen and oxygen atoms in total. The Morgan fingerprint density at radius 1 is 1.47 bits per heavy atom. The SMILES string of the molecule is CC(=O)CC(=O)OC1OC(C)(C)OC1=O. The summed E-state index contributed by atoms with van der Waals surface area (Å²) in [5.41, 5.74) is 0. The third-order valence-corrected chi connectivity index (χ3v) is 1.56. The van der Waals surface area contributed by atoms with Crippen molar-refractivity contribution in [3.8, 4) is 0 Å². The van der Waals surface area contributed by atoms with Crippen molar-refractivity contribution >= 4 is 17.7 Å². The molecule has 0 radical (unpaired) electrons. The van der Waals surface area contributed by atoms with Crippen LogP contribution in [-0.2, 0) is 28.6 Å². The first-order chi connectivity index (χ1) is 6.80. The van der Waals surface area contributed by atoms with E-state index in [4.69, 9.17) is 9.47 Å². The Bertz CT molecular complexity index is 306. The molecule has 0 aliphatic carbocycles. The van der Waals surface area contributed by atoms with Crippen molar-refractivity contribution < 1.29 is 28.6 Å². The average molecular weight is 216 g/mol. The maximum absolute atomic E-state index is 11.1. The van der Waals surface area contributed by atoms with Crippen LogP contribution >= 0.6 is 0 Å². The van der Waals surface area contributed by atoms with Gasteiger partial charge in [0.15, 0.2) is 0 Å². The highest BCUT2D eigenvalue weighted by Gasteiger charge is 2.43. The lowest BCUT2D eigenvalue weighted by Gasteiger charge is -2.14. The zero-order valence-electron chi connectivity index (χ0n) is 8.73. The molecule has 1 aliphatic rings. The second-order valence-electron chi connectivity index (χ2n) is 3.64. The molecule has 1 rings (SSSR count). The Balaban J connectivity index is 2.50. The van der Waals surface area contributed by atoms with Crippen LogP contribution in [0.5, 0.6) is 0 Å². The van der Waals surface area contributed by atoms with Crippen LogP contribution < -0.4 is 0 Å².